The van der Waals surface area contributed by atoms with E-state index in [1.807, 2.05) is 0 Å². The second kappa shape index (κ2) is 7.08. The van der Waals surface area contributed by atoms with Crippen LogP contribution in [0, 0.1) is 0 Å². The lowest BCUT2D eigenvalue weighted by Crippen LogP contribution is -2.32. The number of likely N-dealkylation sites (N-methyl/N-ethyl adjacent to an activating group) is 1. The number of benzene rings is 1. The zero-order valence-corrected chi connectivity index (χ0v) is 13.6. The SMILES string of the molecule is COCC(O)CN(C)c1cc(S(=O)(=O)N(C)C)ccc1N. The highest BCUT2D eigenvalue weighted by molar-refractivity contribution is 7.89. The highest BCUT2D eigenvalue weighted by Gasteiger charge is 2.20. The summed E-state index contributed by atoms with van der Waals surface area (Å²) in [6, 6.07) is 4.52. The smallest absolute Gasteiger partial charge is 0.242 e. The molecule has 0 heterocycles. The van der Waals surface area contributed by atoms with E-state index in [0.717, 1.165) is 4.31 Å². The zero-order valence-electron chi connectivity index (χ0n) is 12.8. The van der Waals surface area contributed by atoms with Gasteiger partial charge in [-0.25, -0.2) is 12.7 Å². The molecule has 1 aromatic carbocycles. The van der Waals surface area contributed by atoms with Crippen molar-refractivity contribution in [3.05, 3.63) is 18.2 Å². The molecule has 8 heteroatoms. The molecule has 0 spiro atoms. The number of rotatable bonds is 7. The minimum atomic E-state index is -3.52. The van der Waals surface area contributed by atoms with Gasteiger partial charge in [-0.2, -0.15) is 0 Å². The molecule has 1 aromatic rings. The van der Waals surface area contributed by atoms with Crippen LogP contribution in [0.25, 0.3) is 0 Å². The van der Waals surface area contributed by atoms with Gasteiger partial charge in [0.15, 0.2) is 0 Å². The summed E-state index contributed by atoms with van der Waals surface area (Å²) in [6.45, 7) is 0.476. The molecule has 1 rings (SSSR count). The summed E-state index contributed by atoms with van der Waals surface area (Å²) < 4.78 is 30.3. The van der Waals surface area contributed by atoms with Gasteiger partial charge in [0.2, 0.25) is 10.0 Å². The Balaban J connectivity index is 3.08. The number of nitrogen functional groups attached to an aromatic ring is 1. The third-order valence-electron chi connectivity index (χ3n) is 3.04. The van der Waals surface area contributed by atoms with Gasteiger partial charge in [-0.15, -0.1) is 0 Å². The fourth-order valence-corrected chi connectivity index (χ4v) is 2.81. The van der Waals surface area contributed by atoms with Crippen molar-refractivity contribution in [2.45, 2.75) is 11.0 Å². The normalized spacial score (nSPS) is 13.4. The van der Waals surface area contributed by atoms with E-state index in [0.29, 0.717) is 11.4 Å². The Labute approximate surface area is 126 Å². The lowest BCUT2D eigenvalue weighted by atomic mass is 10.2. The van der Waals surface area contributed by atoms with Crippen molar-refractivity contribution in [3.8, 4) is 0 Å². The molecule has 0 aliphatic heterocycles. The Morgan fingerprint density at radius 3 is 2.48 bits per heavy atom. The van der Waals surface area contributed by atoms with Crippen molar-refractivity contribution in [3.63, 3.8) is 0 Å². The predicted molar refractivity (Wildman–Crippen MR) is 82.9 cm³/mol. The van der Waals surface area contributed by atoms with Gasteiger partial charge in [0.1, 0.15) is 0 Å². The summed E-state index contributed by atoms with van der Waals surface area (Å²) in [7, 11) is 2.65. The van der Waals surface area contributed by atoms with E-state index in [1.54, 1.807) is 18.0 Å². The Morgan fingerprint density at radius 2 is 1.95 bits per heavy atom. The van der Waals surface area contributed by atoms with E-state index in [9.17, 15) is 13.5 Å². The Morgan fingerprint density at radius 1 is 1.33 bits per heavy atom. The summed E-state index contributed by atoms with van der Waals surface area (Å²) in [5, 5.41) is 9.76. The van der Waals surface area contributed by atoms with E-state index in [4.69, 9.17) is 10.5 Å². The van der Waals surface area contributed by atoms with E-state index < -0.39 is 16.1 Å². The molecule has 0 bridgehead atoms. The van der Waals surface area contributed by atoms with Crippen molar-refractivity contribution in [2.75, 3.05) is 52.0 Å². The van der Waals surface area contributed by atoms with Crippen molar-refractivity contribution in [1.82, 2.24) is 4.31 Å². The van der Waals surface area contributed by atoms with Crippen molar-refractivity contribution >= 4 is 21.4 Å². The fraction of sp³-hybridized carbons (Fsp3) is 0.538. The summed E-state index contributed by atoms with van der Waals surface area (Å²) in [5.41, 5.74) is 6.89. The Bertz CT molecular complexity index is 575. The van der Waals surface area contributed by atoms with Crippen molar-refractivity contribution in [1.29, 1.82) is 0 Å². The number of nitrogens with two attached hydrogens (primary N) is 1. The van der Waals surface area contributed by atoms with Gasteiger partial charge in [0.25, 0.3) is 0 Å². The maximum atomic E-state index is 12.1. The summed E-state index contributed by atoms with van der Waals surface area (Å²) in [4.78, 5) is 1.86. The number of aliphatic hydroxyl groups excluding tert-OH is 1. The summed E-state index contributed by atoms with van der Waals surface area (Å²) in [5.74, 6) is 0. The second-order valence-corrected chi connectivity index (χ2v) is 7.15. The van der Waals surface area contributed by atoms with Crippen molar-refractivity contribution < 1.29 is 18.3 Å². The van der Waals surface area contributed by atoms with Crippen LogP contribution in [0.3, 0.4) is 0 Å². The van der Waals surface area contributed by atoms with Gasteiger partial charge < -0.3 is 20.5 Å². The van der Waals surface area contributed by atoms with Crippen LogP contribution in [-0.2, 0) is 14.8 Å². The number of anilines is 2. The molecule has 0 radical (unpaired) electrons. The van der Waals surface area contributed by atoms with Gasteiger partial charge in [-0.1, -0.05) is 0 Å². The lowest BCUT2D eigenvalue weighted by molar-refractivity contribution is 0.0695. The molecule has 0 fully saturated rings. The first-order valence-corrected chi connectivity index (χ1v) is 7.84. The number of nitrogens with zero attached hydrogens (tertiary/aromatic N) is 2. The molecule has 0 aromatic heterocycles. The first kappa shape index (κ1) is 17.7. The second-order valence-electron chi connectivity index (χ2n) is 5.00. The number of aliphatic hydroxyl groups is 1. The molecular weight excluding hydrogens is 294 g/mol. The minimum absolute atomic E-state index is 0.157. The molecule has 0 aliphatic carbocycles. The van der Waals surface area contributed by atoms with E-state index >= 15 is 0 Å². The Kier molecular flexibility index (Phi) is 5.97. The largest absolute Gasteiger partial charge is 0.397 e. The predicted octanol–water partition coefficient (Wildman–Crippen LogP) is -0.0374. The first-order chi connectivity index (χ1) is 9.70. The average Bonchev–Trinajstić information content (AvgIpc) is 2.38. The molecule has 1 atom stereocenters. The number of methoxy groups -OCH3 is 1. The van der Waals surface area contributed by atoms with Crippen LogP contribution in [0.2, 0.25) is 0 Å². The molecule has 0 saturated carbocycles. The van der Waals surface area contributed by atoms with Gasteiger partial charge >= 0.3 is 0 Å². The maximum absolute atomic E-state index is 12.1. The van der Waals surface area contributed by atoms with Crippen molar-refractivity contribution in [2.24, 2.45) is 0 Å². The molecule has 3 N–H and O–H groups in total. The zero-order chi connectivity index (χ0) is 16.2. The third-order valence-corrected chi connectivity index (χ3v) is 4.85. The average molecular weight is 317 g/mol. The van der Waals surface area contributed by atoms with Gasteiger partial charge in [-0.3, -0.25) is 0 Å². The van der Waals surface area contributed by atoms with E-state index in [2.05, 4.69) is 0 Å². The Hall–Kier alpha value is -1.35. The molecule has 120 valence electrons. The summed E-state index contributed by atoms with van der Waals surface area (Å²) in [6.07, 6.45) is -0.687. The monoisotopic (exact) mass is 317 g/mol. The quantitative estimate of drug-likeness (QED) is 0.685. The third kappa shape index (κ3) is 4.31. The highest BCUT2D eigenvalue weighted by atomic mass is 32.2. The number of hydrogen-bond acceptors (Lipinski definition) is 6. The molecule has 0 aliphatic rings. The van der Waals surface area contributed by atoms with E-state index in [-0.39, 0.29) is 18.0 Å². The van der Waals surface area contributed by atoms with Gasteiger partial charge in [0.05, 0.1) is 29.0 Å². The van der Waals surface area contributed by atoms with Gasteiger partial charge in [-0.05, 0) is 18.2 Å². The number of ether oxygens (including phenoxy) is 1. The lowest BCUT2D eigenvalue weighted by Gasteiger charge is -2.24. The first-order valence-electron chi connectivity index (χ1n) is 6.40. The summed E-state index contributed by atoms with van der Waals surface area (Å²) >= 11 is 0. The molecule has 7 nitrogen and oxygen atoms in total. The maximum Gasteiger partial charge on any atom is 0.242 e. The van der Waals surface area contributed by atoms with Crippen LogP contribution < -0.4 is 10.6 Å². The van der Waals surface area contributed by atoms with Crippen LogP contribution in [0.1, 0.15) is 0 Å². The van der Waals surface area contributed by atoms with Crippen LogP contribution in [0.4, 0.5) is 11.4 Å². The molecule has 0 amide bonds. The van der Waals surface area contributed by atoms with Crippen LogP contribution in [0.5, 0.6) is 0 Å². The van der Waals surface area contributed by atoms with Crippen LogP contribution in [-0.4, -0.2) is 65.3 Å². The highest BCUT2D eigenvalue weighted by Crippen LogP contribution is 2.27. The van der Waals surface area contributed by atoms with Crippen LogP contribution >= 0.6 is 0 Å². The number of hydrogen-bond donors (Lipinski definition) is 2. The topological polar surface area (TPSA) is 96.1 Å². The molecule has 21 heavy (non-hydrogen) atoms. The minimum Gasteiger partial charge on any atom is -0.397 e. The molecular formula is C13H23N3O4S. The molecule has 1 unspecified atom stereocenters. The van der Waals surface area contributed by atoms with Crippen LogP contribution in [0.15, 0.2) is 23.1 Å². The standard InChI is InChI=1S/C13H23N3O4S/c1-15(2)21(18,19)11-5-6-12(14)13(7-11)16(3)8-10(17)9-20-4/h5-7,10,17H,8-9,14H2,1-4H3. The van der Waals surface area contributed by atoms with E-state index in [1.165, 1.54) is 33.3 Å². The van der Waals surface area contributed by atoms with Gasteiger partial charge in [0, 0.05) is 34.8 Å². The number of sulfonamides is 1. The fourth-order valence-electron chi connectivity index (χ4n) is 1.88. The molecule has 0 saturated heterocycles.